The van der Waals surface area contributed by atoms with Gasteiger partial charge in [-0.15, -0.1) is 0 Å². The van der Waals surface area contributed by atoms with Crippen molar-refractivity contribution >= 4 is 5.91 Å². The van der Waals surface area contributed by atoms with Gasteiger partial charge in [-0.25, -0.2) is 0 Å². The molecule has 2 unspecified atom stereocenters. The van der Waals surface area contributed by atoms with Crippen molar-refractivity contribution in [1.82, 2.24) is 14.7 Å². The van der Waals surface area contributed by atoms with E-state index in [1.165, 1.54) is 4.90 Å². The van der Waals surface area contributed by atoms with Crippen LogP contribution in [0.2, 0.25) is 0 Å². The second-order valence-corrected chi connectivity index (χ2v) is 4.93. The monoisotopic (exact) mass is 307 g/mol. The van der Waals surface area contributed by atoms with Crippen molar-refractivity contribution < 1.29 is 27.8 Å². The number of hydrogen-bond acceptors (Lipinski definition) is 4. The van der Waals surface area contributed by atoms with Crippen molar-refractivity contribution in [2.24, 2.45) is 0 Å². The summed E-state index contributed by atoms with van der Waals surface area (Å²) < 4.78 is 43.6. The van der Waals surface area contributed by atoms with E-state index in [-0.39, 0.29) is 38.3 Å². The number of rotatable bonds is 3. The van der Waals surface area contributed by atoms with E-state index in [4.69, 9.17) is 9.84 Å². The Morgan fingerprint density at radius 3 is 2.86 bits per heavy atom. The van der Waals surface area contributed by atoms with Gasteiger partial charge >= 0.3 is 6.18 Å². The van der Waals surface area contributed by atoms with E-state index in [0.29, 0.717) is 0 Å². The van der Waals surface area contributed by atoms with Gasteiger partial charge in [0.15, 0.2) is 5.69 Å². The largest absolute Gasteiger partial charge is 0.435 e. The number of amides is 1. The maximum absolute atomic E-state index is 12.4. The van der Waals surface area contributed by atoms with Gasteiger partial charge in [-0.3, -0.25) is 9.48 Å². The first-order chi connectivity index (χ1) is 9.81. The van der Waals surface area contributed by atoms with Crippen LogP contribution in [0.3, 0.4) is 0 Å². The number of aliphatic hydroxyl groups is 1. The van der Waals surface area contributed by atoms with Gasteiger partial charge in [0, 0.05) is 12.7 Å². The van der Waals surface area contributed by atoms with Crippen molar-refractivity contribution in [2.45, 2.75) is 31.8 Å². The summed E-state index contributed by atoms with van der Waals surface area (Å²) in [6.45, 7) is 1.78. The van der Waals surface area contributed by atoms with Crippen LogP contribution in [0.15, 0.2) is 12.3 Å². The first-order valence-electron chi connectivity index (χ1n) is 6.44. The van der Waals surface area contributed by atoms with Gasteiger partial charge < -0.3 is 14.7 Å². The normalized spacial score (nSPS) is 23.4. The van der Waals surface area contributed by atoms with Crippen molar-refractivity contribution in [3.05, 3.63) is 18.0 Å². The molecule has 2 heterocycles. The standard InChI is InChI=1S/C12H16F3N3O3/c1-8-7-21-9(6-19)4-18(8)11(20)5-17-3-2-10(16-17)12(13,14)15/h2-3,8-9,19H,4-7H2,1H3. The number of aromatic nitrogens is 2. The van der Waals surface area contributed by atoms with E-state index in [2.05, 4.69) is 5.10 Å². The average molecular weight is 307 g/mol. The molecule has 6 nitrogen and oxygen atoms in total. The molecule has 2 atom stereocenters. The zero-order chi connectivity index (χ0) is 15.6. The van der Waals surface area contributed by atoms with Gasteiger partial charge in [0.2, 0.25) is 5.91 Å². The van der Waals surface area contributed by atoms with Crippen LogP contribution in [0, 0.1) is 0 Å². The topological polar surface area (TPSA) is 67.6 Å². The van der Waals surface area contributed by atoms with Gasteiger partial charge in [-0.2, -0.15) is 18.3 Å². The molecule has 9 heteroatoms. The average Bonchev–Trinajstić information content (AvgIpc) is 2.87. The van der Waals surface area contributed by atoms with Crippen LogP contribution in [0.25, 0.3) is 0 Å². The van der Waals surface area contributed by atoms with Crippen LogP contribution in [0.1, 0.15) is 12.6 Å². The van der Waals surface area contributed by atoms with E-state index >= 15 is 0 Å². The number of morpholine rings is 1. The lowest BCUT2D eigenvalue weighted by molar-refractivity contribution is -0.148. The molecule has 0 saturated carbocycles. The molecule has 0 aromatic carbocycles. The lowest BCUT2D eigenvalue weighted by atomic mass is 10.2. The van der Waals surface area contributed by atoms with E-state index in [1.54, 1.807) is 6.92 Å². The Morgan fingerprint density at radius 2 is 2.29 bits per heavy atom. The Balaban J connectivity index is 2.02. The van der Waals surface area contributed by atoms with E-state index in [1.807, 2.05) is 0 Å². The van der Waals surface area contributed by atoms with Crippen molar-refractivity contribution in [2.75, 3.05) is 19.8 Å². The van der Waals surface area contributed by atoms with Crippen LogP contribution in [-0.2, 0) is 22.3 Å². The smallest absolute Gasteiger partial charge is 0.394 e. The summed E-state index contributed by atoms with van der Waals surface area (Å²) in [6, 6.07) is 0.630. The Kier molecular flexibility index (Phi) is 4.52. The molecule has 0 spiro atoms. The first kappa shape index (κ1) is 15.8. The highest BCUT2D eigenvalue weighted by molar-refractivity contribution is 5.76. The van der Waals surface area contributed by atoms with E-state index in [9.17, 15) is 18.0 Å². The summed E-state index contributed by atoms with van der Waals surface area (Å²) in [5.41, 5.74) is -1.03. The predicted molar refractivity (Wildman–Crippen MR) is 65.2 cm³/mol. The molecule has 1 aromatic heterocycles. The molecule has 1 aliphatic rings. The maximum Gasteiger partial charge on any atom is 0.435 e. The Hall–Kier alpha value is -1.61. The molecule has 21 heavy (non-hydrogen) atoms. The third kappa shape index (κ3) is 3.73. The zero-order valence-electron chi connectivity index (χ0n) is 11.4. The van der Waals surface area contributed by atoms with Crippen molar-refractivity contribution in [3.63, 3.8) is 0 Å². The maximum atomic E-state index is 12.4. The highest BCUT2D eigenvalue weighted by Crippen LogP contribution is 2.27. The molecule has 1 saturated heterocycles. The van der Waals surface area contributed by atoms with Crippen LogP contribution >= 0.6 is 0 Å². The van der Waals surface area contributed by atoms with Gasteiger partial charge in [-0.1, -0.05) is 0 Å². The lowest BCUT2D eigenvalue weighted by Gasteiger charge is -2.37. The summed E-state index contributed by atoms with van der Waals surface area (Å²) >= 11 is 0. The predicted octanol–water partition coefficient (Wildman–Crippen LogP) is 0.510. The number of alkyl halides is 3. The SMILES string of the molecule is CC1COC(CO)CN1C(=O)Cn1ccc(C(F)(F)F)n1. The quantitative estimate of drug-likeness (QED) is 0.883. The fourth-order valence-corrected chi connectivity index (χ4v) is 2.11. The number of carbonyl (C=O) groups is 1. The molecule has 118 valence electrons. The summed E-state index contributed by atoms with van der Waals surface area (Å²) in [5, 5.41) is 12.4. The van der Waals surface area contributed by atoms with Crippen LogP contribution in [-0.4, -0.2) is 57.6 Å². The lowest BCUT2D eigenvalue weighted by Crippen LogP contribution is -2.52. The summed E-state index contributed by atoms with van der Waals surface area (Å²) in [4.78, 5) is 13.6. The molecule has 2 rings (SSSR count). The Bertz CT molecular complexity index is 503. The fraction of sp³-hybridized carbons (Fsp3) is 0.667. The fourth-order valence-electron chi connectivity index (χ4n) is 2.11. The Labute approximate surface area is 119 Å². The molecule has 1 amide bonds. The third-order valence-corrected chi connectivity index (χ3v) is 3.26. The number of halogens is 3. The summed E-state index contributed by atoms with van der Waals surface area (Å²) in [6.07, 6.45) is -3.87. The number of ether oxygens (including phenoxy) is 1. The highest BCUT2D eigenvalue weighted by Gasteiger charge is 2.34. The third-order valence-electron chi connectivity index (χ3n) is 3.26. The van der Waals surface area contributed by atoms with E-state index < -0.39 is 18.0 Å². The number of carbonyl (C=O) groups excluding carboxylic acids is 1. The molecular formula is C12H16F3N3O3. The van der Waals surface area contributed by atoms with E-state index in [0.717, 1.165) is 16.9 Å². The molecule has 0 bridgehead atoms. The number of aliphatic hydroxyl groups excluding tert-OH is 1. The molecule has 1 aromatic rings. The first-order valence-corrected chi connectivity index (χ1v) is 6.44. The number of hydrogen-bond donors (Lipinski definition) is 1. The second-order valence-electron chi connectivity index (χ2n) is 4.93. The molecular weight excluding hydrogens is 291 g/mol. The van der Waals surface area contributed by atoms with Crippen LogP contribution in [0.4, 0.5) is 13.2 Å². The second kappa shape index (κ2) is 6.02. The minimum atomic E-state index is -4.53. The van der Waals surface area contributed by atoms with Crippen molar-refractivity contribution in [1.29, 1.82) is 0 Å². The minimum absolute atomic E-state index is 0.196. The minimum Gasteiger partial charge on any atom is -0.394 e. The molecule has 0 radical (unpaired) electrons. The van der Waals surface area contributed by atoms with Gasteiger partial charge in [-0.05, 0) is 13.0 Å². The summed E-state index contributed by atoms with van der Waals surface area (Å²) in [7, 11) is 0. The number of nitrogens with zero attached hydrogens (tertiary/aromatic N) is 3. The molecule has 1 aliphatic heterocycles. The zero-order valence-corrected chi connectivity index (χ0v) is 11.4. The molecule has 1 fully saturated rings. The molecule has 1 N–H and O–H groups in total. The van der Waals surface area contributed by atoms with Crippen LogP contribution < -0.4 is 0 Å². The van der Waals surface area contributed by atoms with Gasteiger partial charge in [0.1, 0.15) is 6.54 Å². The van der Waals surface area contributed by atoms with Crippen LogP contribution in [0.5, 0.6) is 0 Å². The molecule has 0 aliphatic carbocycles. The van der Waals surface area contributed by atoms with Crippen molar-refractivity contribution in [3.8, 4) is 0 Å². The summed E-state index contributed by atoms with van der Waals surface area (Å²) in [5.74, 6) is -0.360. The highest BCUT2D eigenvalue weighted by atomic mass is 19.4. The Morgan fingerprint density at radius 1 is 1.57 bits per heavy atom. The van der Waals surface area contributed by atoms with Gasteiger partial charge in [0.05, 0.1) is 25.4 Å². The van der Waals surface area contributed by atoms with Gasteiger partial charge in [0.25, 0.3) is 0 Å².